The Morgan fingerprint density at radius 2 is 1.83 bits per heavy atom. The predicted octanol–water partition coefficient (Wildman–Crippen LogP) is 4.16. The number of hydrogen-bond donors (Lipinski definition) is 1. The summed E-state index contributed by atoms with van der Waals surface area (Å²) in [5.41, 5.74) is 1.47. The number of nitrogens with zero attached hydrogens (tertiary/aromatic N) is 4. The number of amides is 1. The molecule has 2 aliphatic rings. The molecule has 1 N–H and O–H groups in total. The van der Waals surface area contributed by atoms with E-state index in [-0.39, 0.29) is 25.5 Å². The third-order valence-electron chi connectivity index (χ3n) is 6.30. The van der Waals surface area contributed by atoms with Crippen molar-refractivity contribution in [3.63, 3.8) is 0 Å². The van der Waals surface area contributed by atoms with Gasteiger partial charge in [0.1, 0.15) is 5.82 Å². The number of thiazole rings is 1. The standard InChI is InChI=1S/C23H23ClFN5O3S2.2H2/c24-19-15-16(25)1-6-20(19)28-10-12-29(13-11-28)21-7-9-30(22(21)31)17-2-4-18(5-3-17)35(32,33)27-23-26-8-14-34-23;;/h1-6,8,14-15,21H,7,9-13H2,(H,26,27);2*1H/t21-;;/m0../s1. The third kappa shape index (κ3) is 4.99. The van der Waals surface area contributed by atoms with E-state index in [0.717, 1.165) is 5.69 Å². The summed E-state index contributed by atoms with van der Waals surface area (Å²) in [6.45, 7) is 3.33. The van der Waals surface area contributed by atoms with Crippen LogP contribution in [0.1, 0.15) is 9.27 Å². The Morgan fingerprint density at radius 1 is 1.09 bits per heavy atom. The van der Waals surface area contributed by atoms with Crippen molar-refractivity contribution in [2.75, 3.05) is 47.2 Å². The SMILES string of the molecule is O=C1[C@@H](N2CCN(c3ccc(F)cc3Cl)CC2)CCN1c1ccc(S(=O)(=O)Nc2nccs2)cc1.[HH].[HH]. The van der Waals surface area contributed by atoms with Gasteiger partial charge in [-0.2, -0.15) is 0 Å². The molecule has 0 radical (unpaired) electrons. The highest BCUT2D eigenvalue weighted by Crippen LogP contribution is 2.30. The molecule has 3 aromatic rings. The molecule has 0 aliphatic carbocycles. The molecule has 188 valence electrons. The van der Waals surface area contributed by atoms with Gasteiger partial charge in [0.25, 0.3) is 10.0 Å². The van der Waals surface area contributed by atoms with Gasteiger partial charge in [-0.25, -0.2) is 17.8 Å². The van der Waals surface area contributed by atoms with Crippen molar-refractivity contribution in [1.29, 1.82) is 0 Å². The molecule has 8 nitrogen and oxygen atoms in total. The predicted molar refractivity (Wildman–Crippen MR) is 140 cm³/mol. The molecular formula is C23H27ClFN5O3S2. The molecule has 1 amide bonds. The monoisotopic (exact) mass is 539 g/mol. The summed E-state index contributed by atoms with van der Waals surface area (Å²) in [7, 11) is -3.75. The van der Waals surface area contributed by atoms with E-state index in [4.69, 9.17) is 11.6 Å². The lowest BCUT2D eigenvalue weighted by Gasteiger charge is -2.38. The first-order chi connectivity index (χ1) is 16.8. The Morgan fingerprint density at radius 3 is 2.49 bits per heavy atom. The summed E-state index contributed by atoms with van der Waals surface area (Å²) in [5.74, 6) is -0.356. The van der Waals surface area contributed by atoms with Crippen molar-refractivity contribution in [3.05, 3.63) is 64.9 Å². The molecule has 2 aliphatic heterocycles. The maximum absolute atomic E-state index is 13.4. The van der Waals surface area contributed by atoms with Gasteiger partial charge < -0.3 is 9.80 Å². The zero-order chi connectivity index (χ0) is 24.6. The van der Waals surface area contributed by atoms with E-state index in [2.05, 4.69) is 19.5 Å². The Bertz CT molecular complexity index is 1320. The fourth-order valence-corrected chi connectivity index (χ4v) is 6.60. The second-order valence-corrected chi connectivity index (χ2v) is 11.3. The minimum Gasteiger partial charge on any atom is -0.368 e. The molecular weight excluding hydrogens is 513 g/mol. The number of anilines is 3. The summed E-state index contributed by atoms with van der Waals surface area (Å²) in [6.07, 6.45) is 2.22. The maximum atomic E-state index is 13.4. The number of aromatic nitrogens is 1. The largest absolute Gasteiger partial charge is 0.368 e. The van der Waals surface area contributed by atoms with Crippen LogP contribution in [0.25, 0.3) is 0 Å². The lowest BCUT2D eigenvalue weighted by atomic mass is 10.1. The minimum atomic E-state index is -3.75. The summed E-state index contributed by atoms with van der Waals surface area (Å²) in [4.78, 5) is 23.3. The van der Waals surface area contributed by atoms with Gasteiger partial charge in [-0.3, -0.25) is 14.4 Å². The van der Waals surface area contributed by atoms with E-state index >= 15 is 0 Å². The Kier molecular flexibility index (Phi) is 6.67. The molecule has 35 heavy (non-hydrogen) atoms. The first-order valence-corrected chi connectivity index (χ1v) is 13.8. The van der Waals surface area contributed by atoms with Crippen molar-refractivity contribution in [1.82, 2.24) is 9.88 Å². The zero-order valence-corrected chi connectivity index (χ0v) is 21.0. The number of carbonyl (C=O) groups excluding carboxylic acids is 1. The fourth-order valence-electron chi connectivity index (χ4n) is 4.53. The summed E-state index contributed by atoms with van der Waals surface area (Å²) in [5, 5.41) is 2.37. The van der Waals surface area contributed by atoms with Crippen molar-refractivity contribution >= 4 is 55.4 Å². The van der Waals surface area contributed by atoms with Crippen LogP contribution in [-0.4, -0.2) is 63.0 Å². The summed E-state index contributed by atoms with van der Waals surface area (Å²) < 4.78 is 40.9. The van der Waals surface area contributed by atoms with Crippen LogP contribution in [0.4, 0.5) is 20.9 Å². The molecule has 0 bridgehead atoms. The Balaban J connectivity index is 0.00000190. The zero-order valence-electron chi connectivity index (χ0n) is 18.6. The number of benzene rings is 2. The van der Waals surface area contributed by atoms with Crippen LogP contribution in [-0.2, 0) is 14.8 Å². The average Bonchev–Trinajstić information content (AvgIpc) is 3.48. The van der Waals surface area contributed by atoms with E-state index in [0.29, 0.717) is 55.0 Å². The lowest BCUT2D eigenvalue weighted by molar-refractivity contribution is -0.121. The molecule has 2 saturated heterocycles. The number of hydrogen-bond acceptors (Lipinski definition) is 7. The molecule has 0 spiro atoms. The van der Waals surface area contributed by atoms with Crippen LogP contribution in [0.2, 0.25) is 5.02 Å². The number of carbonyl (C=O) groups is 1. The van der Waals surface area contributed by atoms with Crippen LogP contribution in [0.5, 0.6) is 0 Å². The van der Waals surface area contributed by atoms with Crippen LogP contribution in [0, 0.1) is 5.82 Å². The van der Waals surface area contributed by atoms with Crippen molar-refractivity contribution in [2.45, 2.75) is 17.4 Å². The van der Waals surface area contributed by atoms with Gasteiger partial charge in [-0.15, -0.1) is 11.3 Å². The van der Waals surface area contributed by atoms with Gasteiger partial charge in [0.2, 0.25) is 5.91 Å². The summed E-state index contributed by atoms with van der Waals surface area (Å²) in [6, 6.07) is 10.5. The molecule has 0 saturated carbocycles. The topological polar surface area (TPSA) is 85.9 Å². The number of nitrogens with one attached hydrogen (secondary N) is 1. The second kappa shape index (κ2) is 9.73. The van der Waals surface area contributed by atoms with Gasteiger partial charge in [0.15, 0.2) is 5.13 Å². The first-order valence-electron chi connectivity index (χ1n) is 11.1. The molecule has 0 unspecified atom stereocenters. The van der Waals surface area contributed by atoms with Crippen molar-refractivity contribution < 1.29 is 20.5 Å². The Labute approximate surface area is 215 Å². The van der Waals surface area contributed by atoms with Gasteiger partial charge in [0, 0.05) is 52.8 Å². The van der Waals surface area contributed by atoms with E-state index in [1.807, 2.05) is 0 Å². The van der Waals surface area contributed by atoms with Gasteiger partial charge in [-0.05, 0) is 48.9 Å². The molecule has 3 heterocycles. The van der Waals surface area contributed by atoms with Crippen molar-refractivity contribution in [3.8, 4) is 0 Å². The molecule has 2 aromatic carbocycles. The number of piperazine rings is 1. The second-order valence-electron chi connectivity index (χ2n) is 8.35. The van der Waals surface area contributed by atoms with E-state index in [1.54, 1.807) is 28.5 Å². The van der Waals surface area contributed by atoms with Gasteiger partial charge in [0.05, 0.1) is 21.6 Å². The van der Waals surface area contributed by atoms with E-state index in [9.17, 15) is 17.6 Å². The average molecular weight is 540 g/mol. The van der Waals surface area contributed by atoms with E-state index < -0.39 is 10.0 Å². The first kappa shape index (κ1) is 24.0. The number of halogens is 2. The summed E-state index contributed by atoms with van der Waals surface area (Å²) >= 11 is 7.41. The van der Waals surface area contributed by atoms with Gasteiger partial charge in [-0.1, -0.05) is 11.6 Å². The van der Waals surface area contributed by atoms with Crippen molar-refractivity contribution in [2.24, 2.45) is 0 Å². The smallest absolute Gasteiger partial charge is 0.263 e. The minimum absolute atomic E-state index is 0. The number of sulfonamides is 1. The maximum Gasteiger partial charge on any atom is 0.263 e. The quantitative estimate of drug-likeness (QED) is 0.506. The lowest BCUT2D eigenvalue weighted by Crippen LogP contribution is -2.52. The molecule has 1 aromatic heterocycles. The molecule has 5 rings (SSSR count). The molecule has 12 heteroatoms. The van der Waals surface area contributed by atoms with Crippen LogP contribution in [0.3, 0.4) is 0 Å². The van der Waals surface area contributed by atoms with Crippen LogP contribution in [0.15, 0.2) is 58.9 Å². The van der Waals surface area contributed by atoms with Crippen LogP contribution < -0.4 is 14.5 Å². The highest BCUT2D eigenvalue weighted by Gasteiger charge is 2.38. The fraction of sp³-hybridized carbons (Fsp3) is 0.304. The highest BCUT2D eigenvalue weighted by molar-refractivity contribution is 7.93. The Hall–Kier alpha value is -2.73. The molecule has 1 atom stereocenters. The molecule has 2 fully saturated rings. The number of rotatable bonds is 6. The van der Waals surface area contributed by atoms with Crippen LogP contribution >= 0.6 is 22.9 Å². The van der Waals surface area contributed by atoms with E-state index in [1.165, 1.54) is 41.8 Å². The third-order valence-corrected chi connectivity index (χ3v) is 8.77. The normalized spacial score (nSPS) is 19.4. The highest BCUT2D eigenvalue weighted by atomic mass is 35.5. The van der Waals surface area contributed by atoms with Gasteiger partial charge >= 0.3 is 0 Å².